The highest BCUT2D eigenvalue weighted by Crippen LogP contribution is 2.24. The number of nitrogens with one attached hydrogen (secondary N) is 2. The Kier molecular flexibility index (Phi) is 5.50. The fourth-order valence-corrected chi connectivity index (χ4v) is 2.13. The second-order valence-electron chi connectivity index (χ2n) is 5.39. The van der Waals surface area contributed by atoms with Crippen LogP contribution in [0.3, 0.4) is 0 Å². The molecule has 0 spiro atoms. The van der Waals surface area contributed by atoms with Gasteiger partial charge in [0.15, 0.2) is 0 Å². The van der Waals surface area contributed by atoms with Gasteiger partial charge in [0.25, 0.3) is 0 Å². The molecule has 0 saturated carbocycles. The maximum Gasteiger partial charge on any atom is 0.142 e. The summed E-state index contributed by atoms with van der Waals surface area (Å²) < 4.78 is 5.79. The first-order valence-corrected chi connectivity index (χ1v) is 7.45. The first-order valence-electron chi connectivity index (χ1n) is 7.45. The molecule has 2 aromatic rings. The van der Waals surface area contributed by atoms with Crippen molar-refractivity contribution < 1.29 is 4.74 Å². The van der Waals surface area contributed by atoms with Gasteiger partial charge in [-0.05, 0) is 50.6 Å². The number of hydrogen-bond acceptors (Lipinski definition) is 3. The first kappa shape index (κ1) is 15.2. The molecule has 0 heterocycles. The topological polar surface area (TPSA) is 33.3 Å². The highest BCUT2D eigenvalue weighted by molar-refractivity contribution is 5.56. The van der Waals surface area contributed by atoms with Crippen molar-refractivity contribution >= 4 is 11.4 Å². The van der Waals surface area contributed by atoms with Gasteiger partial charge in [0.2, 0.25) is 0 Å². The molecule has 0 unspecified atom stereocenters. The average Bonchev–Trinajstić information content (AvgIpc) is 2.45. The van der Waals surface area contributed by atoms with Crippen LogP contribution in [0, 0.1) is 6.92 Å². The number of anilines is 2. The maximum atomic E-state index is 5.79. The lowest BCUT2D eigenvalue weighted by atomic mass is 10.2. The van der Waals surface area contributed by atoms with Gasteiger partial charge in [-0.3, -0.25) is 0 Å². The van der Waals surface area contributed by atoms with E-state index in [1.807, 2.05) is 38.1 Å². The van der Waals surface area contributed by atoms with Crippen LogP contribution in [-0.4, -0.2) is 19.2 Å². The normalized spacial score (nSPS) is 10.5. The Hall–Kier alpha value is -2.16. The van der Waals surface area contributed by atoms with Crippen molar-refractivity contribution in [3.8, 4) is 5.75 Å². The lowest BCUT2D eigenvalue weighted by Crippen LogP contribution is -2.15. The molecular weight excluding hydrogens is 260 g/mol. The van der Waals surface area contributed by atoms with Crippen molar-refractivity contribution in [2.45, 2.75) is 26.9 Å². The molecule has 0 aliphatic heterocycles. The molecule has 112 valence electrons. The zero-order valence-corrected chi connectivity index (χ0v) is 13.0. The molecule has 0 fully saturated rings. The van der Waals surface area contributed by atoms with E-state index in [2.05, 4.69) is 41.8 Å². The molecule has 2 aromatic carbocycles. The fraction of sp³-hybridized carbons (Fsp3) is 0.333. The van der Waals surface area contributed by atoms with Crippen LogP contribution >= 0.6 is 0 Å². The van der Waals surface area contributed by atoms with Gasteiger partial charge in [0.1, 0.15) is 5.75 Å². The Balaban J connectivity index is 1.83. The van der Waals surface area contributed by atoms with Gasteiger partial charge < -0.3 is 15.4 Å². The molecule has 21 heavy (non-hydrogen) atoms. The van der Waals surface area contributed by atoms with Crippen molar-refractivity contribution in [1.82, 2.24) is 0 Å². The van der Waals surface area contributed by atoms with Crippen molar-refractivity contribution in [2.75, 3.05) is 23.7 Å². The van der Waals surface area contributed by atoms with Gasteiger partial charge in [-0.1, -0.05) is 24.3 Å². The van der Waals surface area contributed by atoms with Crippen LogP contribution in [0.2, 0.25) is 0 Å². The van der Waals surface area contributed by atoms with Crippen LogP contribution in [0.5, 0.6) is 5.75 Å². The van der Waals surface area contributed by atoms with Crippen LogP contribution in [0.25, 0.3) is 0 Å². The lowest BCUT2D eigenvalue weighted by Gasteiger charge is -2.15. The van der Waals surface area contributed by atoms with Crippen LogP contribution in [0.1, 0.15) is 19.4 Å². The fourth-order valence-electron chi connectivity index (χ4n) is 2.13. The highest BCUT2D eigenvalue weighted by Gasteiger charge is 2.03. The van der Waals surface area contributed by atoms with Crippen LogP contribution in [0.4, 0.5) is 11.4 Å². The summed E-state index contributed by atoms with van der Waals surface area (Å²) in [6, 6.07) is 16.5. The van der Waals surface area contributed by atoms with Gasteiger partial charge in [-0.25, -0.2) is 0 Å². The number of aryl methyl sites for hydroxylation is 1. The SMILES string of the molecule is Cc1cccc(NCCNc2ccccc2OC(C)C)c1. The zero-order valence-electron chi connectivity index (χ0n) is 13.0. The summed E-state index contributed by atoms with van der Waals surface area (Å²) in [4.78, 5) is 0. The van der Waals surface area contributed by atoms with Gasteiger partial charge >= 0.3 is 0 Å². The molecule has 3 nitrogen and oxygen atoms in total. The molecule has 2 N–H and O–H groups in total. The monoisotopic (exact) mass is 284 g/mol. The van der Waals surface area contributed by atoms with E-state index in [4.69, 9.17) is 4.74 Å². The van der Waals surface area contributed by atoms with E-state index in [0.717, 1.165) is 30.2 Å². The summed E-state index contributed by atoms with van der Waals surface area (Å²) in [6.07, 6.45) is 0.179. The summed E-state index contributed by atoms with van der Waals surface area (Å²) >= 11 is 0. The number of rotatable bonds is 7. The Morgan fingerprint density at radius 3 is 2.48 bits per heavy atom. The van der Waals surface area contributed by atoms with Crippen LogP contribution < -0.4 is 15.4 Å². The quantitative estimate of drug-likeness (QED) is 0.743. The zero-order chi connectivity index (χ0) is 15.1. The highest BCUT2D eigenvalue weighted by atomic mass is 16.5. The second-order valence-corrected chi connectivity index (χ2v) is 5.39. The molecule has 0 radical (unpaired) electrons. The molecule has 0 bridgehead atoms. The van der Waals surface area contributed by atoms with Gasteiger partial charge in [0.05, 0.1) is 11.8 Å². The summed E-state index contributed by atoms with van der Waals surface area (Å²) in [5, 5.41) is 6.83. The Bertz CT molecular complexity index is 567. The minimum Gasteiger partial charge on any atom is -0.489 e. The molecule has 0 aliphatic carbocycles. The predicted molar refractivity (Wildman–Crippen MR) is 90.4 cm³/mol. The molecule has 0 aromatic heterocycles. The molecule has 2 rings (SSSR count). The molecule has 0 aliphatic rings. The smallest absolute Gasteiger partial charge is 0.142 e. The molecule has 3 heteroatoms. The summed E-state index contributed by atoms with van der Waals surface area (Å²) in [6.45, 7) is 7.88. The van der Waals surface area contributed by atoms with Crippen molar-refractivity contribution in [3.05, 3.63) is 54.1 Å². The number of para-hydroxylation sites is 2. The predicted octanol–water partition coefficient (Wildman–Crippen LogP) is 4.31. The van der Waals surface area contributed by atoms with Crippen LogP contribution in [0.15, 0.2) is 48.5 Å². The molecule has 0 atom stereocenters. The first-order chi connectivity index (χ1) is 10.1. The van der Waals surface area contributed by atoms with Gasteiger partial charge in [-0.15, -0.1) is 0 Å². The number of ether oxygens (including phenoxy) is 1. The second kappa shape index (κ2) is 7.58. The van der Waals surface area contributed by atoms with E-state index < -0.39 is 0 Å². The Morgan fingerprint density at radius 1 is 0.952 bits per heavy atom. The van der Waals surface area contributed by atoms with E-state index in [9.17, 15) is 0 Å². The summed E-state index contributed by atoms with van der Waals surface area (Å²) in [7, 11) is 0. The Labute approximate surface area is 127 Å². The van der Waals surface area contributed by atoms with Crippen molar-refractivity contribution in [1.29, 1.82) is 0 Å². The van der Waals surface area contributed by atoms with Crippen molar-refractivity contribution in [3.63, 3.8) is 0 Å². The third-order valence-corrected chi connectivity index (χ3v) is 3.04. The summed E-state index contributed by atoms with van der Waals surface area (Å²) in [5.74, 6) is 0.906. The van der Waals surface area contributed by atoms with Gasteiger partial charge in [-0.2, -0.15) is 0 Å². The molecule has 0 saturated heterocycles. The third-order valence-electron chi connectivity index (χ3n) is 3.04. The maximum absolute atomic E-state index is 5.79. The van der Waals surface area contributed by atoms with E-state index in [1.54, 1.807) is 0 Å². The summed E-state index contributed by atoms with van der Waals surface area (Å²) in [5.41, 5.74) is 3.46. The molecular formula is C18H24N2O. The van der Waals surface area contributed by atoms with E-state index in [0.29, 0.717) is 0 Å². The third kappa shape index (κ3) is 5.03. The number of benzene rings is 2. The average molecular weight is 284 g/mol. The standard InChI is InChI=1S/C18H24N2O/c1-14(2)21-18-10-5-4-9-17(18)20-12-11-19-16-8-6-7-15(3)13-16/h4-10,13-14,19-20H,11-12H2,1-3H3. The van der Waals surface area contributed by atoms with Gasteiger partial charge in [0, 0.05) is 18.8 Å². The molecule has 0 amide bonds. The minimum atomic E-state index is 0.179. The number of hydrogen-bond donors (Lipinski definition) is 2. The largest absolute Gasteiger partial charge is 0.489 e. The Morgan fingerprint density at radius 2 is 1.71 bits per heavy atom. The minimum absolute atomic E-state index is 0.179. The lowest BCUT2D eigenvalue weighted by molar-refractivity contribution is 0.243. The van der Waals surface area contributed by atoms with E-state index >= 15 is 0 Å². The van der Waals surface area contributed by atoms with Crippen molar-refractivity contribution in [2.24, 2.45) is 0 Å². The van der Waals surface area contributed by atoms with Crippen LogP contribution in [-0.2, 0) is 0 Å². The van der Waals surface area contributed by atoms with E-state index in [-0.39, 0.29) is 6.10 Å². The van der Waals surface area contributed by atoms with E-state index in [1.165, 1.54) is 5.56 Å².